The van der Waals surface area contributed by atoms with E-state index in [0.29, 0.717) is 23.6 Å². The standard InChI is InChI=1S/C37H44N10O8S2/c1-6-54-43-26(29-41-35(57-44-29)42-36(51)55-37(2,3)4)31(48)40-27-32(49)47-28(34(50)53-19-22-11-13-24(52-5)14-12-22)23(20-56-33(27)47)18-45-17-9-10-25-30(45)39-21-46(25)16-8-7-15-38/h9-14,17,21,27,33H,6-8,15-16,18-20,38H2,1-5H3,(H-,40,41,42,44,48,51)/p+1/b43-26-. The molecule has 0 bridgehead atoms. The van der Waals surface area contributed by atoms with Gasteiger partial charge in [-0.05, 0) is 81.9 Å². The lowest BCUT2D eigenvalue weighted by atomic mass is 10.0. The molecule has 18 nitrogen and oxygen atoms in total. The van der Waals surface area contributed by atoms with E-state index < -0.39 is 40.9 Å². The van der Waals surface area contributed by atoms with E-state index in [1.807, 2.05) is 22.9 Å². The van der Waals surface area contributed by atoms with Crippen molar-refractivity contribution in [1.29, 1.82) is 0 Å². The highest BCUT2D eigenvalue weighted by Crippen LogP contribution is 2.41. The van der Waals surface area contributed by atoms with Crippen molar-refractivity contribution in [2.45, 2.75) is 77.2 Å². The summed E-state index contributed by atoms with van der Waals surface area (Å²) in [7, 11) is 1.57. The van der Waals surface area contributed by atoms with Crippen LogP contribution >= 0.6 is 23.3 Å². The minimum absolute atomic E-state index is 0.0434. The number of aromatic nitrogens is 5. The molecule has 1 aromatic carbocycles. The minimum atomic E-state index is -1.03. The lowest BCUT2D eigenvalue weighted by molar-refractivity contribution is -0.664. The fourth-order valence-electron chi connectivity index (χ4n) is 6.04. The molecule has 6 rings (SSSR count). The summed E-state index contributed by atoms with van der Waals surface area (Å²) in [6, 6.07) is 9.98. The molecule has 1 fully saturated rings. The number of benzene rings is 1. The lowest BCUT2D eigenvalue weighted by Crippen LogP contribution is -2.71. The van der Waals surface area contributed by atoms with E-state index in [0.717, 1.165) is 47.6 Å². The number of nitrogens with zero attached hydrogens (tertiary/aromatic N) is 7. The first-order valence-electron chi connectivity index (χ1n) is 18.3. The second-order valence-electron chi connectivity index (χ2n) is 13.9. The second-order valence-corrected chi connectivity index (χ2v) is 15.8. The summed E-state index contributed by atoms with van der Waals surface area (Å²) in [6.45, 7) is 8.55. The van der Waals surface area contributed by atoms with Crippen molar-refractivity contribution in [3.8, 4) is 5.75 Å². The zero-order valence-electron chi connectivity index (χ0n) is 32.2. The summed E-state index contributed by atoms with van der Waals surface area (Å²) in [4.78, 5) is 69.5. The van der Waals surface area contributed by atoms with Gasteiger partial charge in [0.1, 0.15) is 53.7 Å². The molecule has 2 atom stereocenters. The lowest BCUT2D eigenvalue weighted by Gasteiger charge is -2.49. The van der Waals surface area contributed by atoms with Gasteiger partial charge in [-0.2, -0.15) is 9.36 Å². The van der Waals surface area contributed by atoms with Crippen LogP contribution in [0.1, 0.15) is 51.9 Å². The summed E-state index contributed by atoms with van der Waals surface area (Å²) in [5.41, 5.74) is 7.79. The number of methoxy groups -OCH3 is 1. The van der Waals surface area contributed by atoms with Crippen molar-refractivity contribution in [2.24, 2.45) is 10.9 Å². The number of thioether (sulfide) groups is 1. The number of esters is 1. The number of aryl methyl sites for hydroxylation is 1. The largest absolute Gasteiger partial charge is 0.497 e. The predicted octanol–water partition coefficient (Wildman–Crippen LogP) is 3.11. The minimum Gasteiger partial charge on any atom is -0.497 e. The number of hydrogen-bond donors (Lipinski definition) is 3. The van der Waals surface area contributed by atoms with Gasteiger partial charge in [-0.15, -0.1) is 11.8 Å². The number of carbonyl (C=O) groups is 4. The number of hydrogen-bond acceptors (Lipinski definition) is 15. The van der Waals surface area contributed by atoms with Crippen molar-refractivity contribution in [1.82, 2.24) is 29.1 Å². The number of nitrogens with one attached hydrogen (secondary N) is 2. The Morgan fingerprint density at radius 1 is 1.14 bits per heavy atom. The van der Waals surface area contributed by atoms with Crippen LogP contribution in [0.3, 0.4) is 0 Å². The molecule has 20 heteroatoms. The normalized spacial score (nSPS) is 16.8. The van der Waals surface area contributed by atoms with Gasteiger partial charge in [0.15, 0.2) is 0 Å². The van der Waals surface area contributed by atoms with E-state index in [2.05, 4.69) is 34.7 Å². The highest BCUT2D eigenvalue weighted by molar-refractivity contribution is 8.00. The number of rotatable bonds is 16. The second kappa shape index (κ2) is 18.1. The summed E-state index contributed by atoms with van der Waals surface area (Å²) >= 11 is 2.21. The molecule has 5 heterocycles. The molecule has 0 spiro atoms. The highest BCUT2D eigenvalue weighted by atomic mass is 32.2. The Labute approximate surface area is 336 Å². The molecule has 4 aromatic rings. The van der Waals surface area contributed by atoms with Gasteiger partial charge in [-0.3, -0.25) is 19.8 Å². The molecule has 1 saturated heterocycles. The molecule has 302 valence electrons. The van der Waals surface area contributed by atoms with Crippen molar-refractivity contribution >= 4 is 69.2 Å². The Balaban J connectivity index is 1.23. The van der Waals surface area contributed by atoms with E-state index >= 15 is 0 Å². The Bertz CT molecular complexity index is 2180. The fraction of sp³-hybridized carbons (Fsp3) is 0.432. The SMILES string of the molecule is CCO/N=C(\C(=O)NC1C(=O)N2C(C(=O)OCc3ccc(OC)cc3)=C(C[n+]3cccc4c3ncn4CCCCN)CSC12)c1nsc(NC(=O)OC(C)(C)C)n1. The number of imidazole rings is 1. The smallest absolute Gasteiger partial charge is 0.414 e. The first kappa shape index (κ1) is 41.0. The van der Waals surface area contributed by atoms with E-state index in [1.54, 1.807) is 65.4 Å². The summed E-state index contributed by atoms with van der Waals surface area (Å²) in [6.07, 6.45) is 4.72. The van der Waals surface area contributed by atoms with E-state index in [-0.39, 0.29) is 42.1 Å². The van der Waals surface area contributed by atoms with Gasteiger partial charge in [-0.1, -0.05) is 17.3 Å². The molecule has 3 amide bonds. The zero-order valence-corrected chi connectivity index (χ0v) is 33.9. The van der Waals surface area contributed by atoms with Crippen molar-refractivity contribution < 1.29 is 42.8 Å². The third kappa shape index (κ3) is 9.69. The van der Waals surface area contributed by atoms with Crippen LogP contribution in [0.25, 0.3) is 11.2 Å². The third-order valence-corrected chi connectivity index (χ3v) is 10.6. The van der Waals surface area contributed by atoms with Crippen LogP contribution in [-0.2, 0) is 48.4 Å². The number of carbonyl (C=O) groups excluding carboxylic acids is 4. The van der Waals surface area contributed by atoms with Crippen molar-refractivity contribution in [3.05, 3.63) is 71.6 Å². The molecule has 2 aliphatic heterocycles. The highest BCUT2D eigenvalue weighted by Gasteiger charge is 2.55. The molecule has 0 aliphatic carbocycles. The Morgan fingerprint density at radius 2 is 1.93 bits per heavy atom. The van der Waals surface area contributed by atoms with Gasteiger partial charge < -0.3 is 34.7 Å². The molecular formula is C37H45N10O8S2+. The van der Waals surface area contributed by atoms with Crippen molar-refractivity contribution in [2.75, 3.05) is 31.3 Å². The summed E-state index contributed by atoms with van der Waals surface area (Å²) in [5, 5.41) is 8.56. The zero-order chi connectivity index (χ0) is 40.7. The van der Waals surface area contributed by atoms with E-state index in [9.17, 15) is 19.2 Å². The van der Waals surface area contributed by atoms with Gasteiger partial charge in [0.05, 0.1) is 13.3 Å². The maximum Gasteiger partial charge on any atom is 0.414 e. The monoisotopic (exact) mass is 821 g/mol. The fourth-order valence-corrected chi connectivity index (χ4v) is 7.93. The Hall–Kier alpha value is -5.60. The van der Waals surface area contributed by atoms with Crippen LogP contribution in [0.2, 0.25) is 0 Å². The van der Waals surface area contributed by atoms with Gasteiger partial charge in [-0.25, -0.2) is 14.2 Å². The van der Waals surface area contributed by atoms with Crippen LogP contribution in [0.15, 0.2) is 65.3 Å². The van der Waals surface area contributed by atoms with Crippen LogP contribution in [0.5, 0.6) is 5.75 Å². The molecule has 2 aliphatic rings. The van der Waals surface area contributed by atoms with Gasteiger partial charge >= 0.3 is 17.7 Å². The molecular weight excluding hydrogens is 777 g/mol. The average Bonchev–Trinajstić information content (AvgIpc) is 3.83. The summed E-state index contributed by atoms with van der Waals surface area (Å²) in [5.74, 6) is -1.11. The van der Waals surface area contributed by atoms with Crippen LogP contribution < -0.4 is 25.7 Å². The van der Waals surface area contributed by atoms with Crippen LogP contribution in [0, 0.1) is 0 Å². The van der Waals surface area contributed by atoms with Gasteiger partial charge in [0, 0.05) is 29.4 Å². The number of amides is 3. The molecule has 4 N–H and O–H groups in total. The number of β-lactam (4-membered cyclic amide) rings is 1. The number of fused-ring (bicyclic) bond motifs is 2. The van der Waals surface area contributed by atoms with Gasteiger partial charge in [0.2, 0.25) is 23.0 Å². The van der Waals surface area contributed by atoms with Crippen LogP contribution in [0.4, 0.5) is 9.93 Å². The number of pyridine rings is 1. The molecule has 0 radical (unpaired) electrons. The number of ether oxygens (including phenoxy) is 3. The number of anilines is 1. The Morgan fingerprint density at radius 3 is 2.65 bits per heavy atom. The van der Waals surface area contributed by atoms with Crippen molar-refractivity contribution in [3.63, 3.8) is 0 Å². The van der Waals surface area contributed by atoms with E-state index in [1.165, 1.54) is 16.7 Å². The molecule has 3 aromatic heterocycles. The van der Waals surface area contributed by atoms with Gasteiger partial charge in [0.25, 0.3) is 11.8 Å². The number of nitrogens with two attached hydrogens (primary N) is 1. The van der Waals surface area contributed by atoms with Crippen LogP contribution in [-0.4, -0.2) is 96.4 Å². The Kier molecular flexibility index (Phi) is 13.0. The topological polar surface area (TPSA) is 218 Å². The predicted molar refractivity (Wildman–Crippen MR) is 211 cm³/mol. The molecule has 0 saturated carbocycles. The first-order valence-corrected chi connectivity index (χ1v) is 20.1. The quantitative estimate of drug-likeness (QED) is 0.0370. The molecule has 2 unspecified atom stereocenters. The maximum absolute atomic E-state index is 14.0. The first-order chi connectivity index (χ1) is 27.4. The third-order valence-electron chi connectivity index (χ3n) is 8.67. The maximum atomic E-state index is 14.0. The summed E-state index contributed by atoms with van der Waals surface area (Å²) < 4.78 is 24.5. The molecule has 57 heavy (non-hydrogen) atoms. The number of oxime groups is 1. The number of unbranched alkanes of at least 4 members (excludes halogenated alkanes) is 1. The van der Waals surface area contributed by atoms with E-state index in [4.69, 9.17) is 24.8 Å². The average molecular weight is 822 g/mol.